The first-order chi connectivity index (χ1) is 10.3. The summed E-state index contributed by atoms with van der Waals surface area (Å²) in [6.45, 7) is 3.76. The highest BCUT2D eigenvalue weighted by molar-refractivity contribution is 5.86. The zero-order chi connectivity index (χ0) is 16.7. The summed E-state index contributed by atoms with van der Waals surface area (Å²) in [4.78, 5) is 23.7. The average molecular weight is 311 g/mol. The van der Waals surface area contributed by atoms with Crippen molar-refractivity contribution in [2.45, 2.75) is 38.8 Å². The molecular weight excluding hydrogens is 289 g/mol. The summed E-state index contributed by atoms with van der Waals surface area (Å²) in [6, 6.07) is 4.69. The Morgan fingerprint density at radius 1 is 1.27 bits per heavy atom. The van der Waals surface area contributed by atoms with E-state index < -0.39 is 24.0 Å². The number of benzene rings is 1. The van der Waals surface area contributed by atoms with E-state index in [-0.39, 0.29) is 18.2 Å². The van der Waals surface area contributed by atoms with Crippen molar-refractivity contribution in [3.8, 4) is 0 Å². The van der Waals surface area contributed by atoms with Crippen molar-refractivity contribution < 1.29 is 23.8 Å². The molecule has 0 heterocycles. The van der Waals surface area contributed by atoms with Gasteiger partial charge in [0.2, 0.25) is 5.91 Å². The number of ether oxygens (including phenoxy) is 1. The zero-order valence-electron chi connectivity index (χ0n) is 13.0. The van der Waals surface area contributed by atoms with Gasteiger partial charge in [0.05, 0.1) is 7.11 Å². The van der Waals surface area contributed by atoms with E-state index in [1.165, 1.54) is 31.4 Å². The molecule has 1 aromatic rings. The number of aliphatic hydroxyl groups excluding tert-OH is 1. The minimum Gasteiger partial charge on any atom is -0.467 e. The van der Waals surface area contributed by atoms with Gasteiger partial charge in [0.1, 0.15) is 18.0 Å². The van der Waals surface area contributed by atoms with Crippen molar-refractivity contribution in [1.29, 1.82) is 0 Å². The van der Waals surface area contributed by atoms with Crippen molar-refractivity contribution >= 4 is 11.9 Å². The number of carbonyl (C=O) groups is 2. The van der Waals surface area contributed by atoms with Gasteiger partial charge in [0, 0.05) is 6.42 Å². The molecule has 6 heteroatoms. The largest absolute Gasteiger partial charge is 0.467 e. The molecule has 0 aromatic heterocycles. The summed E-state index contributed by atoms with van der Waals surface area (Å²) in [5, 5.41) is 12.3. The van der Waals surface area contributed by atoms with Crippen LogP contribution in [-0.2, 0) is 20.7 Å². The number of hydrogen-bond acceptors (Lipinski definition) is 4. The lowest BCUT2D eigenvalue weighted by atomic mass is 10.0. The van der Waals surface area contributed by atoms with Crippen LogP contribution < -0.4 is 5.32 Å². The maximum Gasteiger partial charge on any atom is 0.328 e. The van der Waals surface area contributed by atoms with E-state index in [0.29, 0.717) is 12.0 Å². The molecule has 0 unspecified atom stereocenters. The average Bonchev–Trinajstić information content (AvgIpc) is 2.47. The van der Waals surface area contributed by atoms with Crippen molar-refractivity contribution in [3.63, 3.8) is 0 Å². The Hall–Kier alpha value is -1.95. The quantitative estimate of drug-likeness (QED) is 0.747. The van der Waals surface area contributed by atoms with Gasteiger partial charge in [-0.3, -0.25) is 4.79 Å². The molecule has 0 saturated carbocycles. The minimum absolute atomic E-state index is 0.148. The lowest BCUT2D eigenvalue weighted by molar-refractivity contribution is -0.146. The number of carbonyl (C=O) groups excluding carboxylic acids is 2. The number of amides is 1. The third-order valence-corrected chi connectivity index (χ3v) is 3.15. The molecule has 1 aromatic carbocycles. The maximum absolute atomic E-state index is 12.9. The third-order valence-electron chi connectivity index (χ3n) is 3.15. The van der Waals surface area contributed by atoms with E-state index in [0.717, 1.165) is 0 Å². The fourth-order valence-electron chi connectivity index (χ4n) is 2.01. The Balaban J connectivity index is 2.74. The molecule has 22 heavy (non-hydrogen) atoms. The van der Waals surface area contributed by atoms with Crippen LogP contribution in [0.15, 0.2) is 24.3 Å². The Labute approximate surface area is 129 Å². The van der Waals surface area contributed by atoms with Crippen LogP contribution in [0.4, 0.5) is 4.39 Å². The monoisotopic (exact) mass is 311 g/mol. The lowest BCUT2D eigenvalue weighted by Gasteiger charge is -2.19. The Kier molecular flexibility index (Phi) is 6.98. The van der Waals surface area contributed by atoms with E-state index in [2.05, 4.69) is 10.1 Å². The molecule has 0 bridgehead atoms. The first-order valence-electron chi connectivity index (χ1n) is 7.14. The molecule has 2 atom stereocenters. The molecule has 0 spiro atoms. The molecular formula is C16H22FNO4. The first-order valence-corrected chi connectivity index (χ1v) is 7.14. The van der Waals surface area contributed by atoms with Crippen LogP contribution in [-0.4, -0.2) is 36.2 Å². The van der Waals surface area contributed by atoms with Crippen molar-refractivity contribution in [2.75, 3.05) is 7.11 Å². The molecule has 0 saturated heterocycles. The summed E-state index contributed by atoms with van der Waals surface area (Å²) >= 11 is 0. The molecule has 0 fully saturated rings. The predicted octanol–water partition coefficient (Wildman–Crippen LogP) is 1.43. The van der Waals surface area contributed by atoms with Gasteiger partial charge in [-0.2, -0.15) is 0 Å². The van der Waals surface area contributed by atoms with Crippen molar-refractivity contribution in [1.82, 2.24) is 5.32 Å². The lowest BCUT2D eigenvalue weighted by Crippen LogP contribution is -2.47. The highest BCUT2D eigenvalue weighted by atomic mass is 19.1. The minimum atomic E-state index is -1.18. The number of methoxy groups -OCH3 is 1. The van der Waals surface area contributed by atoms with Gasteiger partial charge < -0.3 is 15.2 Å². The number of aliphatic hydroxyl groups is 1. The third kappa shape index (κ3) is 5.81. The van der Waals surface area contributed by atoms with Gasteiger partial charge in [0.25, 0.3) is 0 Å². The van der Waals surface area contributed by atoms with E-state index in [1.807, 2.05) is 13.8 Å². The predicted molar refractivity (Wildman–Crippen MR) is 79.5 cm³/mol. The van der Waals surface area contributed by atoms with Gasteiger partial charge in [-0.1, -0.05) is 26.0 Å². The van der Waals surface area contributed by atoms with Crippen LogP contribution in [0, 0.1) is 11.7 Å². The first kappa shape index (κ1) is 18.1. The second-order valence-electron chi connectivity index (χ2n) is 5.56. The number of hydrogen-bond donors (Lipinski definition) is 2. The van der Waals surface area contributed by atoms with Crippen LogP contribution in [0.25, 0.3) is 0 Å². The molecule has 0 aliphatic rings. The fourth-order valence-corrected chi connectivity index (χ4v) is 2.01. The SMILES string of the molecule is COC(=O)[C@H](Cc1ccc(F)cc1)NC(=O)[C@H](O)CC(C)C. The van der Waals surface area contributed by atoms with Gasteiger partial charge in [-0.05, 0) is 30.0 Å². The summed E-state index contributed by atoms with van der Waals surface area (Å²) in [5.41, 5.74) is 0.676. The maximum atomic E-state index is 12.9. The zero-order valence-corrected chi connectivity index (χ0v) is 13.0. The summed E-state index contributed by atoms with van der Waals surface area (Å²) < 4.78 is 17.6. The number of nitrogens with one attached hydrogen (secondary N) is 1. The van der Waals surface area contributed by atoms with Gasteiger partial charge >= 0.3 is 5.97 Å². The molecule has 1 rings (SSSR count). The molecule has 1 amide bonds. The van der Waals surface area contributed by atoms with Crippen LogP contribution in [0.5, 0.6) is 0 Å². The Morgan fingerprint density at radius 2 is 1.86 bits per heavy atom. The molecule has 0 aliphatic carbocycles. The van der Waals surface area contributed by atoms with Crippen molar-refractivity contribution in [3.05, 3.63) is 35.6 Å². The van der Waals surface area contributed by atoms with Gasteiger partial charge in [-0.25, -0.2) is 9.18 Å². The molecule has 0 radical (unpaired) electrons. The fraction of sp³-hybridized carbons (Fsp3) is 0.500. The van der Waals surface area contributed by atoms with Crippen molar-refractivity contribution in [2.24, 2.45) is 5.92 Å². The smallest absolute Gasteiger partial charge is 0.328 e. The second-order valence-corrected chi connectivity index (χ2v) is 5.56. The Morgan fingerprint density at radius 3 is 2.36 bits per heavy atom. The van der Waals surface area contributed by atoms with Crippen LogP contribution >= 0.6 is 0 Å². The number of esters is 1. The number of rotatable bonds is 7. The van der Waals surface area contributed by atoms with E-state index >= 15 is 0 Å². The molecule has 2 N–H and O–H groups in total. The van der Waals surface area contributed by atoms with Gasteiger partial charge in [-0.15, -0.1) is 0 Å². The highest BCUT2D eigenvalue weighted by Crippen LogP contribution is 2.09. The second kappa shape index (κ2) is 8.48. The van der Waals surface area contributed by atoms with Crippen LogP contribution in [0.3, 0.4) is 0 Å². The summed E-state index contributed by atoms with van der Waals surface area (Å²) in [7, 11) is 1.22. The normalized spacial score (nSPS) is 13.5. The highest BCUT2D eigenvalue weighted by Gasteiger charge is 2.25. The van der Waals surface area contributed by atoms with Crippen LogP contribution in [0.2, 0.25) is 0 Å². The molecule has 122 valence electrons. The van der Waals surface area contributed by atoms with Gasteiger partial charge in [0.15, 0.2) is 0 Å². The summed E-state index contributed by atoms with van der Waals surface area (Å²) in [6.07, 6.45) is -0.719. The topological polar surface area (TPSA) is 75.6 Å². The standard InChI is InChI=1S/C16H22FNO4/c1-10(2)8-14(19)15(20)18-13(16(21)22-3)9-11-4-6-12(17)7-5-11/h4-7,10,13-14,19H,8-9H2,1-3H3,(H,18,20)/t13-,14+/m0/s1. The Bertz CT molecular complexity index is 501. The van der Waals surface area contributed by atoms with Crippen LogP contribution in [0.1, 0.15) is 25.8 Å². The summed E-state index contributed by atoms with van der Waals surface area (Å²) in [5.74, 6) is -1.47. The van der Waals surface area contributed by atoms with E-state index in [9.17, 15) is 19.1 Å². The van der Waals surface area contributed by atoms with E-state index in [4.69, 9.17) is 0 Å². The molecule has 5 nitrogen and oxygen atoms in total. The van der Waals surface area contributed by atoms with E-state index in [1.54, 1.807) is 0 Å². The number of halogens is 1. The molecule has 0 aliphatic heterocycles.